The van der Waals surface area contributed by atoms with Crippen molar-refractivity contribution >= 4 is 39.0 Å². The molecule has 2 aromatic rings. The number of hydrogen-bond donors (Lipinski definition) is 0. The fourth-order valence-corrected chi connectivity index (χ4v) is 5.38. The standard InChI is InChI=1S/C18H24ClN3OS/c1-18(2,3)11-4-5-12-13(10-11)24-16-14(12)15(20-17(19)21-16)22-6-8-23-9-7-22/h11H,4-10H2,1-3H3. The molecule has 2 aliphatic rings. The molecule has 1 unspecified atom stereocenters. The third-order valence-corrected chi connectivity index (χ3v) is 6.71. The van der Waals surface area contributed by atoms with Gasteiger partial charge in [-0.2, -0.15) is 4.98 Å². The molecule has 1 fully saturated rings. The minimum atomic E-state index is 0.351. The highest BCUT2D eigenvalue weighted by Crippen LogP contribution is 2.45. The number of morpholine rings is 1. The summed E-state index contributed by atoms with van der Waals surface area (Å²) in [7, 11) is 0. The Hall–Kier alpha value is -0.910. The minimum Gasteiger partial charge on any atom is -0.378 e. The maximum absolute atomic E-state index is 6.23. The highest BCUT2D eigenvalue weighted by molar-refractivity contribution is 7.19. The topological polar surface area (TPSA) is 38.2 Å². The molecule has 0 saturated carbocycles. The first-order valence-electron chi connectivity index (χ1n) is 8.74. The summed E-state index contributed by atoms with van der Waals surface area (Å²) in [4.78, 5) is 14.0. The normalized spacial score (nSPS) is 22.0. The second-order valence-electron chi connectivity index (χ2n) is 7.91. The van der Waals surface area contributed by atoms with Crippen LogP contribution < -0.4 is 4.90 Å². The van der Waals surface area contributed by atoms with Crippen LogP contribution in [0.1, 0.15) is 37.6 Å². The summed E-state index contributed by atoms with van der Waals surface area (Å²) in [6.07, 6.45) is 3.52. The summed E-state index contributed by atoms with van der Waals surface area (Å²) >= 11 is 8.05. The Kier molecular flexibility index (Phi) is 4.22. The van der Waals surface area contributed by atoms with Gasteiger partial charge < -0.3 is 9.64 Å². The van der Waals surface area contributed by atoms with Gasteiger partial charge in [-0.3, -0.25) is 0 Å². The summed E-state index contributed by atoms with van der Waals surface area (Å²) in [5, 5.41) is 1.60. The number of nitrogens with zero attached hydrogens (tertiary/aromatic N) is 3. The first-order chi connectivity index (χ1) is 11.4. The lowest BCUT2D eigenvalue weighted by atomic mass is 9.72. The number of aryl methyl sites for hydroxylation is 1. The molecule has 1 saturated heterocycles. The van der Waals surface area contributed by atoms with Crippen molar-refractivity contribution in [3.8, 4) is 0 Å². The number of halogens is 1. The van der Waals surface area contributed by atoms with Crippen molar-refractivity contribution in [2.45, 2.75) is 40.0 Å². The molecule has 1 atom stereocenters. The fourth-order valence-electron chi connectivity index (χ4n) is 3.88. The first kappa shape index (κ1) is 16.6. The van der Waals surface area contributed by atoms with Crippen LogP contribution in [0.15, 0.2) is 0 Å². The zero-order chi connectivity index (χ0) is 16.9. The molecule has 1 aliphatic carbocycles. The van der Waals surface area contributed by atoms with Gasteiger partial charge in [0, 0.05) is 18.0 Å². The average molecular weight is 366 g/mol. The maximum atomic E-state index is 6.23. The van der Waals surface area contributed by atoms with Crippen LogP contribution in [0.4, 0.5) is 5.82 Å². The highest BCUT2D eigenvalue weighted by Gasteiger charge is 2.32. The molecule has 4 rings (SSSR count). The molecule has 4 nitrogen and oxygen atoms in total. The van der Waals surface area contributed by atoms with Gasteiger partial charge in [-0.05, 0) is 47.8 Å². The molecule has 0 amide bonds. The Labute approximate surface area is 152 Å². The van der Waals surface area contributed by atoms with Crippen LogP contribution in [-0.4, -0.2) is 36.3 Å². The third kappa shape index (κ3) is 2.91. The SMILES string of the molecule is CC(C)(C)C1CCc2c(sc3nc(Cl)nc(N4CCOCC4)c23)C1. The van der Waals surface area contributed by atoms with Gasteiger partial charge in [-0.15, -0.1) is 11.3 Å². The van der Waals surface area contributed by atoms with Crippen LogP contribution in [0, 0.1) is 11.3 Å². The quantitative estimate of drug-likeness (QED) is 0.705. The van der Waals surface area contributed by atoms with E-state index in [1.54, 1.807) is 0 Å². The Bertz CT molecular complexity index is 762. The molecule has 24 heavy (non-hydrogen) atoms. The Morgan fingerprint density at radius 2 is 1.96 bits per heavy atom. The van der Waals surface area contributed by atoms with Crippen molar-refractivity contribution < 1.29 is 4.74 Å². The third-order valence-electron chi connectivity index (χ3n) is 5.40. The van der Waals surface area contributed by atoms with E-state index in [9.17, 15) is 0 Å². The van der Waals surface area contributed by atoms with Crippen LogP contribution in [-0.2, 0) is 17.6 Å². The molecular weight excluding hydrogens is 342 g/mol. The van der Waals surface area contributed by atoms with E-state index in [2.05, 4.69) is 35.6 Å². The van der Waals surface area contributed by atoms with Gasteiger partial charge in [0.2, 0.25) is 5.28 Å². The van der Waals surface area contributed by atoms with E-state index < -0.39 is 0 Å². The van der Waals surface area contributed by atoms with E-state index in [-0.39, 0.29) is 0 Å². The van der Waals surface area contributed by atoms with E-state index in [4.69, 9.17) is 16.3 Å². The minimum absolute atomic E-state index is 0.351. The first-order valence-corrected chi connectivity index (χ1v) is 9.93. The summed E-state index contributed by atoms with van der Waals surface area (Å²) < 4.78 is 5.49. The Morgan fingerprint density at radius 1 is 1.21 bits per heavy atom. The number of aromatic nitrogens is 2. The second-order valence-corrected chi connectivity index (χ2v) is 9.33. The number of thiophene rings is 1. The van der Waals surface area contributed by atoms with Crippen molar-refractivity contribution in [2.24, 2.45) is 11.3 Å². The number of anilines is 1. The maximum Gasteiger partial charge on any atom is 0.225 e. The van der Waals surface area contributed by atoms with E-state index in [0.717, 1.165) is 55.7 Å². The molecular formula is C18H24ClN3OS. The smallest absolute Gasteiger partial charge is 0.225 e. The summed E-state index contributed by atoms with van der Waals surface area (Å²) in [5.74, 6) is 1.74. The summed E-state index contributed by atoms with van der Waals surface area (Å²) in [6.45, 7) is 10.3. The van der Waals surface area contributed by atoms with Gasteiger partial charge in [-0.1, -0.05) is 20.8 Å². The monoisotopic (exact) mass is 365 g/mol. The van der Waals surface area contributed by atoms with Crippen LogP contribution in [0.5, 0.6) is 0 Å². The van der Waals surface area contributed by atoms with E-state index in [1.165, 1.54) is 22.2 Å². The lowest BCUT2D eigenvalue weighted by molar-refractivity contribution is 0.122. The molecule has 2 aromatic heterocycles. The van der Waals surface area contributed by atoms with Gasteiger partial charge in [0.15, 0.2) is 0 Å². The molecule has 3 heterocycles. The van der Waals surface area contributed by atoms with Crippen molar-refractivity contribution in [2.75, 3.05) is 31.2 Å². The zero-order valence-corrected chi connectivity index (χ0v) is 16.1. The van der Waals surface area contributed by atoms with Crippen LogP contribution in [0.3, 0.4) is 0 Å². The summed E-state index contributed by atoms with van der Waals surface area (Å²) in [5.41, 5.74) is 1.82. The number of ether oxygens (including phenoxy) is 1. The molecule has 0 spiro atoms. The lowest BCUT2D eigenvalue weighted by Gasteiger charge is -2.34. The van der Waals surface area contributed by atoms with Gasteiger partial charge >= 0.3 is 0 Å². The second kappa shape index (κ2) is 6.11. The predicted molar refractivity (Wildman–Crippen MR) is 100 cm³/mol. The van der Waals surface area contributed by atoms with Gasteiger partial charge in [0.25, 0.3) is 0 Å². The van der Waals surface area contributed by atoms with E-state index in [1.807, 2.05) is 11.3 Å². The van der Waals surface area contributed by atoms with Gasteiger partial charge in [0.1, 0.15) is 10.6 Å². The van der Waals surface area contributed by atoms with Gasteiger partial charge in [-0.25, -0.2) is 4.98 Å². The predicted octanol–water partition coefficient (Wildman–Crippen LogP) is 4.33. The molecule has 0 bridgehead atoms. The van der Waals surface area contributed by atoms with Crippen molar-refractivity contribution in [3.63, 3.8) is 0 Å². The largest absolute Gasteiger partial charge is 0.378 e. The summed E-state index contributed by atoms with van der Waals surface area (Å²) in [6, 6.07) is 0. The zero-order valence-electron chi connectivity index (χ0n) is 14.6. The fraction of sp³-hybridized carbons (Fsp3) is 0.667. The van der Waals surface area contributed by atoms with E-state index in [0.29, 0.717) is 10.7 Å². The number of hydrogen-bond acceptors (Lipinski definition) is 5. The van der Waals surface area contributed by atoms with E-state index >= 15 is 0 Å². The van der Waals surface area contributed by atoms with Gasteiger partial charge in [0.05, 0.1) is 18.6 Å². The van der Waals surface area contributed by atoms with Crippen LogP contribution in [0.25, 0.3) is 10.2 Å². The Morgan fingerprint density at radius 3 is 2.67 bits per heavy atom. The van der Waals surface area contributed by atoms with Crippen LogP contribution in [0.2, 0.25) is 5.28 Å². The van der Waals surface area contributed by atoms with Crippen molar-refractivity contribution in [3.05, 3.63) is 15.7 Å². The van der Waals surface area contributed by atoms with Crippen molar-refractivity contribution in [1.29, 1.82) is 0 Å². The highest BCUT2D eigenvalue weighted by atomic mass is 35.5. The molecule has 0 aromatic carbocycles. The molecule has 130 valence electrons. The average Bonchev–Trinajstić information content (AvgIpc) is 2.91. The number of fused-ring (bicyclic) bond motifs is 3. The lowest BCUT2D eigenvalue weighted by Crippen LogP contribution is -2.37. The Balaban J connectivity index is 1.80. The molecule has 0 N–H and O–H groups in total. The van der Waals surface area contributed by atoms with Crippen molar-refractivity contribution in [1.82, 2.24) is 9.97 Å². The van der Waals surface area contributed by atoms with Crippen LogP contribution >= 0.6 is 22.9 Å². The number of rotatable bonds is 1. The molecule has 0 radical (unpaired) electrons. The molecule has 6 heteroatoms. The molecule has 1 aliphatic heterocycles.